The minimum atomic E-state index is 0.0113. The van der Waals surface area contributed by atoms with E-state index in [1.54, 1.807) is 0 Å². The van der Waals surface area contributed by atoms with Gasteiger partial charge in [-0.15, -0.1) is 0 Å². The maximum absolute atomic E-state index is 5.12. The van der Waals surface area contributed by atoms with Crippen molar-refractivity contribution in [2.24, 2.45) is 0 Å². The highest BCUT2D eigenvalue weighted by molar-refractivity contribution is 8.27. The minimum absolute atomic E-state index is 0.0113. The van der Waals surface area contributed by atoms with Gasteiger partial charge >= 0.3 is 0 Å². The molecule has 0 saturated heterocycles. The van der Waals surface area contributed by atoms with Crippen LogP contribution in [0.1, 0.15) is 6.92 Å². The van der Waals surface area contributed by atoms with Crippen molar-refractivity contribution in [2.75, 3.05) is 40.0 Å². The van der Waals surface area contributed by atoms with Gasteiger partial charge in [-0.2, -0.15) is 0 Å². The molecule has 0 rings (SSSR count). The van der Waals surface area contributed by atoms with Gasteiger partial charge in [0.1, 0.15) is 0 Å². The third kappa shape index (κ3) is 5.73. The molecule has 4 heteroatoms. The van der Waals surface area contributed by atoms with E-state index in [-0.39, 0.29) is 9.64 Å². The Hall–Kier alpha value is 0.490. The second kappa shape index (κ2) is 6.06. The van der Waals surface area contributed by atoms with Gasteiger partial charge < -0.3 is 4.90 Å². The maximum Gasteiger partial charge on any atom is 0.0216 e. The van der Waals surface area contributed by atoms with Crippen LogP contribution in [-0.4, -0.2) is 49.2 Å². The summed E-state index contributed by atoms with van der Waals surface area (Å²) in [5, 5.41) is 0. The molecule has 0 saturated carbocycles. The van der Waals surface area contributed by atoms with Crippen molar-refractivity contribution in [3.63, 3.8) is 0 Å². The van der Waals surface area contributed by atoms with E-state index in [4.69, 9.17) is 11.2 Å². The van der Waals surface area contributed by atoms with Gasteiger partial charge in [0.05, 0.1) is 0 Å². The summed E-state index contributed by atoms with van der Waals surface area (Å²) in [4.78, 5) is 2.29. The molecule has 0 bridgehead atoms. The molecule has 11 heavy (non-hydrogen) atoms. The zero-order valence-corrected chi connectivity index (χ0v) is 9.47. The summed E-state index contributed by atoms with van der Waals surface area (Å²) in [5.41, 5.74) is 0. The predicted octanol–water partition coefficient (Wildman–Crippen LogP) is 0.495. The second-order valence-corrected chi connectivity index (χ2v) is 5.59. The summed E-state index contributed by atoms with van der Waals surface area (Å²) >= 11 is 5.12. The van der Waals surface area contributed by atoms with Crippen molar-refractivity contribution in [1.82, 2.24) is 9.21 Å². The van der Waals surface area contributed by atoms with E-state index in [1.165, 1.54) is 0 Å². The summed E-state index contributed by atoms with van der Waals surface area (Å²) in [6.07, 6.45) is 2.07. The predicted molar refractivity (Wildman–Crippen MR) is 56.5 cm³/mol. The molecule has 0 aliphatic rings. The van der Waals surface area contributed by atoms with E-state index >= 15 is 0 Å². The molecular weight excluding hydrogens is 176 g/mol. The average molecular weight is 194 g/mol. The third-order valence-electron chi connectivity index (χ3n) is 1.78. The first-order valence-corrected chi connectivity index (χ1v) is 6.32. The monoisotopic (exact) mass is 194 g/mol. The first-order valence-electron chi connectivity index (χ1n) is 3.81. The van der Waals surface area contributed by atoms with Crippen molar-refractivity contribution in [1.29, 1.82) is 0 Å². The van der Waals surface area contributed by atoms with Crippen molar-refractivity contribution in [3.8, 4) is 0 Å². The quantitative estimate of drug-likeness (QED) is 0.629. The molecular formula is C7H18N2S2. The highest BCUT2D eigenvalue weighted by Gasteiger charge is 1.99. The lowest BCUT2D eigenvalue weighted by molar-refractivity contribution is 0.329. The third-order valence-corrected chi connectivity index (χ3v) is 3.60. The van der Waals surface area contributed by atoms with E-state index in [2.05, 4.69) is 36.5 Å². The summed E-state index contributed by atoms with van der Waals surface area (Å²) in [7, 11) is 4.22. The maximum atomic E-state index is 5.12. The summed E-state index contributed by atoms with van der Waals surface area (Å²) < 4.78 is 2.21. The molecule has 0 aromatic heterocycles. The van der Waals surface area contributed by atoms with E-state index in [1.807, 2.05) is 0 Å². The van der Waals surface area contributed by atoms with Crippen molar-refractivity contribution in [2.45, 2.75) is 6.92 Å². The minimum Gasteiger partial charge on any atom is -0.305 e. The van der Waals surface area contributed by atoms with E-state index in [9.17, 15) is 0 Å². The van der Waals surface area contributed by atoms with E-state index < -0.39 is 0 Å². The fourth-order valence-corrected chi connectivity index (χ4v) is 1.16. The SMILES string of the molecule is CCN(C)CCN(C)S(C)=S. The van der Waals surface area contributed by atoms with Crippen LogP contribution in [0.25, 0.3) is 0 Å². The van der Waals surface area contributed by atoms with Gasteiger partial charge in [0.2, 0.25) is 0 Å². The molecule has 1 unspecified atom stereocenters. The Kier molecular flexibility index (Phi) is 6.33. The van der Waals surface area contributed by atoms with Crippen molar-refractivity contribution >= 4 is 20.8 Å². The van der Waals surface area contributed by atoms with Gasteiger partial charge in [-0.1, -0.05) is 16.6 Å². The first-order chi connectivity index (χ1) is 5.07. The Balaban J connectivity index is 3.45. The second-order valence-electron chi connectivity index (χ2n) is 2.67. The normalized spacial score (nSPS) is 14.4. The van der Waals surface area contributed by atoms with E-state index in [0.29, 0.717) is 0 Å². The number of hydrogen-bond donors (Lipinski definition) is 0. The number of rotatable bonds is 5. The van der Waals surface area contributed by atoms with Gasteiger partial charge in [-0.05, 0) is 31.8 Å². The van der Waals surface area contributed by atoms with Crippen LogP contribution in [0, 0.1) is 0 Å². The van der Waals surface area contributed by atoms with Crippen LogP contribution in [0.15, 0.2) is 0 Å². The molecule has 0 aliphatic heterocycles. The van der Waals surface area contributed by atoms with Crippen LogP contribution in [0.2, 0.25) is 0 Å². The summed E-state index contributed by atoms with van der Waals surface area (Å²) in [5.74, 6) is 0. The summed E-state index contributed by atoms with van der Waals surface area (Å²) in [6, 6.07) is 0. The summed E-state index contributed by atoms with van der Waals surface area (Å²) in [6.45, 7) is 5.47. The molecule has 68 valence electrons. The van der Waals surface area contributed by atoms with Crippen LogP contribution < -0.4 is 0 Å². The molecule has 0 radical (unpaired) electrons. The lowest BCUT2D eigenvalue weighted by Crippen LogP contribution is -2.31. The van der Waals surface area contributed by atoms with Gasteiger partial charge in [0.15, 0.2) is 0 Å². The molecule has 0 heterocycles. The highest BCUT2D eigenvalue weighted by Crippen LogP contribution is 1.88. The smallest absolute Gasteiger partial charge is 0.0216 e. The van der Waals surface area contributed by atoms with Crippen LogP contribution in [-0.2, 0) is 20.8 Å². The van der Waals surface area contributed by atoms with Crippen molar-refractivity contribution in [3.05, 3.63) is 0 Å². The van der Waals surface area contributed by atoms with Crippen LogP contribution in [0.3, 0.4) is 0 Å². The largest absolute Gasteiger partial charge is 0.305 e. The molecule has 0 N–H and O–H groups in total. The zero-order chi connectivity index (χ0) is 8.85. The fourth-order valence-electron chi connectivity index (χ4n) is 0.598. The Morgan fingerprint density at radius 1 is 1.27 bits per heavy atom. The molecule has 0 aliphatic carbocycles. The Morgan fingerprint density at radius 3 is 2.18 bits per heavy atom. The molecule has 0 aromatic rings. The molecule has 0 amide bonds. The number of hydrogen-bond acceptors (Lipinski definition) is 2. The van der Waals surface area contributed by atoms with Gasteiger partial charge in [-0.3, -0.25) is 0 Å². The van der Waals surface area contributed by atoms with Crippen LogP contribution >= 0.6 is 0 Å². The highest BCUT2D eigenvalue weighted by atomic mass is 32.8. The van der Waals surface area contributed by atoms with Crippen LogP contribution in [0.4, 0.5) is 0 Å². The standard InChI is InChI=1S/C7H18N2S2/c1-5-8(2)6-7-9(3)11(4)10/h5-7H2,1-4H3. The van der Waals surface area contributed by atoms with Gasteiger partial charge in [-0.25, -0.2) is 4.31 Å². The topological polar surface area (TPSA) is 6.48 Å². The van der Waals surface area contributed by atoms with Gasteiger partial charge in [0.25, 0.3) is 0 Å². The lowest BCUT2D eigenvalue weighted by atomic mass is 10.5. The Labute approximate surface area is 77.3 Å². The van der Waals surface area contributed by atoms with Gasteiger partial charge in [0, 0.05) is 19.3 Å². The number of likely N-dealkylation sites (N-methyl/N-ethyl adjacent to an activating group) is 2. The first kappa shape index (κ1) is 11.5. The average Bonchev–Trinajstić information content (AvgIpc) is 1.99. The molecule has 0 aromatic carbocycles. The molecule has 0 spiro atoms. The Morgan fingerprint density at radius 2 is 1.82 bits per heavy atom. The number of nitrogens with zero attached hydrogens (tertiary/aromatic N) is 2. The lowest BCUT2D eigenvalue weighted by Gasteiger charge is -2.19. The molecule has 1 atom stereocenters. The van der Waals surface area contributed by atoms with Crippen molar-refractivity contribution < 1.29 is 0 Å². The Bertz CT molecular complexity index is 128. The molecule has 0 fully saturated rings. The zero-order valence-electron chi connectivity index (χ0n) is 7.83. The van der Waals surface area contributed by atoms with Crippen LogP contribution in [0.5, 0.6) is 0 Å². The molecule has 2 nitrogen and oxygen atoms in total. The van der Waals surface area contributed by atoms with E-state index in [0.717, 1.165) is 19.6 Å². The fraction of sp³-hybridized carbons (Fsp3) is 1.00.